The van der Waals surface area contributed by atoms with E-state index < -0.39 is 8.32 Å². The second-order valence-corrected chi connectivity index (χ2v) is 10.7. The van der Waals surface area contributed by atoms with E-state index in [2.05, 4.69) is 41.5 Å². The Morgan fingerprint density at radius 2 is 1.38 bits per heavy atom. The smallest absolute Gasteiger partial charge is 0.200 e. The molecule has 0 spiro atoms. The summed E-state index contributed by atoms with van der Waals surface area (Å²) in [4.78, 5) is 0. The van der Waals surface area contributed by atoms with Crippen molar-refractivity contribution in [3.63, 3.8) is 0 Å². The minimum atomic E-state index is -1.71. The summed E-state index contributed by atoms with van der Waals surface area (Å²) < 4.78 is 6.26. The standard InChI is InChI=1S/C13H28O2Si/c1-11(2)16(12(3)4,13(5)6)15-10-8-7-9-14/h7-8,11-14H,9-10H2,1-6H3. The normalized spacial score (nSPS) is 13.6. The summed E-state index contributed by atoms with van der Waals surface area (Å²) in [6, 6.07) is 0. The summed E-state index contributed by atoms with van der Waals surface area (Å²) in [5.74, 6) is 0. The van der Waals surface area contributed by atoms with E-state index in [1.165, 1.54) is 0 Å². The molecule has 0 aromatic heterocycles. The van der Waals surface area contributed by atoms with Crippen LogP contribution in [-0.4, -0.2) is 26.6 Å². The van der Waals surface area contributed by atoms with E-state index in [9.17, 15) is 0 Å². The fraction of sp³-hybridized carbons (Fsp3) is 0.846. The molecule has 0 rings (SSSR count). The van der Waals surface area contributed by atoms with Gasteiger partial charge in [-0.05, 0) is 16.6 Å². The van der Waals surface area contributed by atoms with Crippen molar-refractivity contribution in [1.82, 2.24) is 0 Å². The largest absolute Gasteiger partial charge is 0.412 e. The monoisotopic (exact) mass is 244 g/mol. The quantitative estimate of drug-likeness (QED) is 0.546. The van der Waals surface area contributed by atoms with Crippen LogP contribution in [0.4, 0.5) is 0 Å². The second-order valence-electron chi connectivity index (χ2n) is 5.28. The summed E-state index contributed by atoms with van der Waals surface area (Å²) in [7, 11) is -1.71. The summed E-state index contributed by atoms with van der Waals surface area (Å²) in [5, 5.41) is 8.69. The SMILES string of the molecule is CC(C)[Si](OCC=CCO)(C(C)C)C(C)C. The van der Waals surface area contributed by atoms with Gasteiger partial charge in [0, 0.05) is 0 Å². The van der Waals surface area contributed by atoms with Crippen molar-refractivity contribution in [2.75, 3.05) is 13.2 Å². The molecule has 16 heavy (non-hydrogen) atoms. The first-order valence-electron chi connectivity index (χ1n) is 6.29. The summed E-state index contributed by atoms with van der Waals surface area (Å²) in [6.45, 7) is 14.4. The van der Waals surface area contributed by atoms with Crippen LogP contribution in [0.5, 0.6) is 0 Å². The van der Waals surface area contributed by atoms with Crippen molar-refractivity contribution >= 4 is 8.32 Å². The lowest BCUT2D eigenvalue weighted by Crippen LogP contribution is -2.47. The average molecular weight is 244 g/mol. The first kappa shape index (κ1) is 15.9. The molecule has 0 radical (unpaired) electrons. The molecule has 0 fully saturated rings. The van der Waals surface area contributed by atoms with Gasteiger partial charge in [-0.1, -0.05) is 53.7 Å². The van der Waals surface area contributed by atoms with E-state index in [1.807, 2.05) is 6.08 Å². The van der Waals surface area contributed by atoms with Gasteiger partial charge in [-0.15, -0.1) is 0 Å². The highest BCUT2D eigenvalue weighted by molar-refractivity contribution is 6.77. The number of rotatable bonds is 7. The third-order valence-corrected chi connectivity index (χ3v) is 9.49. The van der Waals surface area contributed by atoms with Gasteiger partial charge in [-0.2, -0.15) is 0 Å². The van der Waals surface area contributed by atoms with Crippen molar-refractivity contribution in [3.05, 3.63) is 12.2 Å². The summed E-state index contributed by atoms with van der Waals surface area (Å²) in [5.41, 5.74) is 1.86. The molecule has 2 nitrogen and oxygen atoms in total. The molecule has 0 bridgehead atoms. The Labute approximate surface area is 102 Å². The van der Waals surface area contributed by atoms with Crippen LogP contribution in [0.15, 0.2) is 12.2 Å². The summed E-state index contributed by atoms with van der Waals surface area (Å²) >= 11 is 0. The molecule has 0 amide bonds. The molecule has 0 saturated carbocycles. The fourth-order valence-corrected chi connectivity index (χ4v) is 8.22. The Kier molecular flexibility index (Phi) is 7.20. The van der Waals surface area contributed by atoms with Gasteiger partial charge >= 0.3 is 0 Å². The Bertz CT molecular complexity index is 188. The van der Waals surface area contributed by atoms with E-state index in [0.717, 1.165) is 0 Å². The minimum Gasteiger partial charge on any atom is -0.412 e. The van der Waals surface area contributed by atoms with Crippen LogP contribution in [0.3, 0.4) is 0 Å². The van der Waals surface area contributed by atoms with E-state index in [0.29, 0.717) is 23.2 Å². The zero-order valence-corrected chi connectivity index (χ0v) is 12.7. The molecule has 0 unspecified atom stereocenters. The number of aliphatic hydroxyl groups is 1. The zero-order valence-electron chi connectivity index (χ0n) is 11.7. The van der Waals surface area contributed by atoms with Gasteiger partial charge in [0.15, 0.2) is 0 Å². The van der Waals surface area contributed by atoms with Crippen LogP contribution in [0.25, 0.3) is 0 Å². The van der Waals surface area contributed by atoms with Crippen LogP contribution >= 0.6 is 0 Å². The molecule has 0 saturated heterocycles. The molecule has 0 aromatic rings. The maximum absolute atomic E-state index is 8.69. The van der Waals surface area contributed by atoms with E-state index >= 15 is 0 Å². The zero-order chi connectivity index (χ0) is 12.8. The number of hydrogen-bond donors (Lipinski definition) is 1. The van der Waals surface area contributed by atoms with Gasteiger partial charge in [-0.3, -0.25) is 0 Å². The fourth-order valence-electron chi connectivity index (χ4n) is 2.84. The topological polar surface area (TPSA) is 29.5 Å². The first-order valence-corrected chi connectivity index (χ1v) is 8.43. The van der Waals surface area contributed by atoms with Crippen molar-refractivity contribution in [1.29, 1.82) is 0 Å². The van der Waals surface area contributed by atoms with Crippen LogP contribution in [0.2, 0.25) is 16.6 Å². The van der Waals surface area contributed by atoms with Gasteiger partial charge in [0.2, 0.25) is 8.32 Å². The highest BCUT2D eigenvalue weighted by Crippen LogP contribution is 2.42. The van der Waals surface area contributed by atoms with Gasteiger partial charge in [0.25, 0.3) is 0 Å². The average Bonchev–Trinajstić information content (AvgIpc) is 2.16. The summed E-state index contributed by atoms with van der Waals surface area (Å²) in [6.07, 6.45) is 3.68. The first-order chi connectivity index (χ1) is 7.39. The molecule has 96 valence electrons. The van der Waals surface area contributed by atoms with Crippen molar-refractivity contribution < 1.29 is 9.53 Å². The molecule has 3 heteroatoms. The molecule has 0 aromatic carbocycles. The Balaban J connectivity index is 4.70. The molecule has 1 N–H and O–H groups in total. The van der Waals surface area contributed by atoms with E-state index in [-0.39, 0.29) is 6.61 Å². The Hall–Kier alpha value is -0.123. The predicted octanol–water partition coefficient (Wildman–Crippen LogP) is 3.73. The van der Waals surface area contributed by atoms with Crippen LogP contribution in [0.1, 0.15) is 41.5 Å². The van der Waals surface area contributed by atoms with Crippen molar-refractivity contribution in [2.24, 2.45) is 0 Å². The molecular weight excluding hydrogens is 216 g/mol. The predicted molar refractivity (Wildman–Crippen MR) is 73.2 cm³/mol. The highest BCUT2D eigenvalue weighted by atomic mass is 28.4. The van der Waals surface area contributed by atoms with Gasteiger partial charge in [-0.25, -0.2) is 0 Å². The van der Waals surface area contributed by atoms with Crippen molar-refractivity contribution in [3.8, 4) is 0 Å². The molecular formula is C13H28O2Si. The van der Waals surface area contributed by atoms with Crippen LogP contribution < -0.4 is 0 Å². The third kappa shape index (κ3) is 3.72. The molecule has 0 aliphatic rings. The van der Waals surface area contributed by atoms with Crippen molar-refractivity contribution in [2.45, 2.75) is 58.2 Å². The Morgan fingerprint density at radius 1 is 0.938 bits per heavy atom. The molecule has 0 heterocycles. The van der Waals surface area contributed by atoms with Crippen LogP contribution in [-0.2, 0) is 4.43 Å². The number of hydrogen-bond acceptors (Lipinski definition) is 2. The molecule has 0 aliphatic heterocycles. The highest BCUT2D eigenvalue weighted by Gasteiger charge is 2.44. The van der Waals surface area contributed by atoms with Gasteiger partial charge in [0.1, 0.15) is 0 Å². The second kappa shape index (κ2) is 7.25. The van der Waals surface area contributed by atoms with Gasteiger partial charge in [0.05, 0.1) is 13.2 Å². The number of aliphatic hydroxyl groups excluding tert-OH is 1. The maximum atomic E-state index is 8.69. The van der Waals surface area contributed by atoms with E-state index in [1.54, 1.807) is 6.08 Å². The molecule has 0 aliphatic carbocycles. The lowest BCUT2D eigenvalue weighted by Gasteiger charge is -2.41. The lowest BCUT2D eigenvalue weighted by atomic mass is 10.5. The van der Waals surface area contributed by atoms with Gasteiger partial charge < -0.3 is 9.53 Å². The minimum absolute atomic E-state index is 0.100. The van der Waals surface area contributed by atoms with E-state index in [4.69, 9.17) is 9.53 Å². The maximum Gasteiger partial charge on any atom is 0.200 e. The van der Waals surface area contributed by atoms with Crippen LogP contribution in [0, 0.1) is 0 Å². The third-order valence-electron chi connectivity index (χ3n) is 3.41. The lowest BCUT2D eigenvalue weighted by molar-refractivity contribution is 0.311. The molecule has 0 atom stereocenters. The Morgan fingerprint density at radius 3 is 1.69 bits per heavy atom.